The minimum atomic E-state index is -1.36. The smallest absolute Gasteiger partial charge is 0.339 e. The van der Waals surface area contributed by atoms with Gasteiger partial charge < -0.3 is 15.2 Å². The van der Waals surface area contributed by atoms with Crippen molar-refractivity contribution >= 4 is 46.2 Å². The fourth-order valence-electron chi connectivity index (χ4n) is 5.09. The van der Waals surface area contributed by atoms with Gasteiger partial charge in [0.15, 0.2) is 11.7 Å². The summed E-state index contributed by atoms with van der Waals surface area (Å²) in [4.78, 5) is 29.4. The van der Waals surface area contributed by atoms with Gasteiger partial charge in [0.1, 0.15) is 5.57 Å². The second kappa shape index (κ2) is 9.41. The van der Waals surface area contributed by atoms with Gasteiger partial charge in [-0.3, -0.25) is 9.69 Å². The van der Waals surface area contributed by atoms with E-state index < -0.39 is 23.5 Å². The number of hydrogen-bond donors (Lipinski definition) is 1. The molecule has 3 atom stereocenters. The minimum Gasteiger partial charge on any atom is -0.462 e. The lowest BCUT2D eigenvalue weighted by atomic mass is 9.77. The predicted molar refractivity (Wildman–Crippen MR) is 141 cm³/mol. The van der Waals surface area contributed by atoms with Crippen molar-refractivity contribution in [1.82, 2.24) is 0 Å². The van der Waals surface area contributed by atoms with E-state index in [0.29, 0.717) is 26.8 Å². The van der Waals surface area contributed by atoms with E-state index in [-0.39, 0.29) is 23.8 Å². The number of benzene rings is 3. The number of nitrogens with two attached hydrogens (primary N) is 1. The van der Waals surface area contributed by atoms with Gasteiger partial charge in [-0.05, 0) is 43.3 Å². The second-order valence-corrected chi connectivity index (χ2v) is 9.35. The lowest BCUT2D eigenvalue weighted by molar-refractivity contribution is -0.139. The average molecular weight is 519 g/mol. The summed E-state index contributed by atoms with van der Waals surface area (Å²) in [6.45, 7) is 1.85. The van der Waals surface area contributed by atoms with E-state index in [0.717, 1.165) is 0 Å². The van der Waals surface area contributed by atoms with Crippen molar-refractivity contribution in [3.05, 3.63) is 113 Å². The normalized spacial score (nSPS) is 22.8. The number of para-hydroxylation sites is 1. The number of carbonyl (C=O) groups is 2. The third-order valence-corrected chi connectivity index (χ3v) is 7.21. The van der Waals surface area contributed by atoms with Crippen molar-refractivity contribution in [3.8, 4) is 0 Å². The Morgan fingerprint density at radius 2 is 1.64 bits per heavy atom. The number of anilines is 1. The molecule has 36 heavy (non-hydrogen) atoms. The molecule has 2 aliphatic rings. The van der Waals surface area contributed by atoms with Crippen molar-refractivity contribution in [2.24, 2.45) is 17.6 Å². The molecule has 1 fully saturated rings. The maximum Gasteiger partial charge on any atom is 0.339 e. The number of ketones is 1. The van der Waals surface area contributed by atoms with Crippen LogP contribution in [0.5, 0.6) is 0 Å². The molecule has 0 spiro atoms. The van der Waals surface area contributed by atoms with Gasteiger partial charge in [0.05, 0.1) is 23.4 Å². The Morgan fingerprint density at radius 1 is 1.03 bits per heavy atom. The number of Topliss-reactive ketones (excluding diaryl/α,β-unsaturated/α-hetero) is 1. The molecule has 0 bridgehead atoms. The van der Waals surface area contributed by atoms with Crippen molar-refractivity contribution in [1.29, 1.82) is 0 Å². The zero-order valence-electron chi connectivity index (χ0n) is 19.4. The zero-order chi connectivity index (χ0) is 25.4. The van der Waals surface area contributed by atoms with Crippen LogP contribution in [0.3, 0.4) is 0 Å². The van der Waals surface area contributed by atoms with Gasteiger partial charge in [-0.1, -0.05) is 72.3 Å². The van der Waals surface area contributed by atoms with Crippen LogP contribution in [0.15, 0.2) is 96.4 Å². The predicted octanol–water partition coefficient (Wildman–Crippen LogP) is 5.22. The molecule has 1 saturated heterocycles. The number of thiocarbonyl (C=S) groups is 1. The number of fused-ring (bicyclic) bond motifs is 1. The van der Waals surface area contributed by atoms with Gasteiger partial charge in [0, 0.05) is 21.8 Å². The van der Waals surface area contributed by atoms with Crippen LogP contribution in [0.2, 0.25) is 5.02 Å². The lowest BCUT2D eigenvalue weighted by Crippen LogP contribution is -2.47. The fourth-order valence-corrected chi connectivity index (χ4v) is 5.70. The van der Waals surface area contributed by atoms with Gasteiger partial charge >= 0.3 is 5.97 Å². The molecule has 0 aromatic heterocycles. The summed E-state index contributed by atoms with van der Waals surface area (Å²) >= 11 is 12.1. The number of carbonyl (C=O) groups excluding carboxylic acids is 2. The number of halogens is 1. The number of hydrogen-bond acceptors (Lipinski definition) is 6. The van der Waals surface area contributed by atoms with Crippen LogP contribution in [0.1, 0.15) is 22.8 Å². The van der Waals surface area contributed by atoms with Gasteiger partial charge in [-0.25, -0.2) is 4.79 Å². The highest BCUT2D eigenvalue weighted by Crippen LogP contribution is 2.58. The third kappa shape index (κ3) is 3.67. The molecule has 8 heteroatoms. The number of ether oxygens (including phenoxy) is 2. The number of rotatable bonds is 6. The Kier molecular flexibility index (Phi) is 6.28. The summed E-state index contributed by atoms with van der Waals surface area (Å²) in [5, 5.41) is 0.505. The first kappa shape index (κ1) is 24.0. The molecular formula is C28H23ClN2O4S. The van der Waals surface area contributed by atoms with Gasteiger partial charge in [-0.15, -0.1) is 0 Å². The highest BCUT2D eigenvalue weighted by Gasteiger charge is 2.68. The molecule has 3 aromatic rings. The van der Waals surface area contributed by atoms with Crippen molar-refractivity contribution < 1.29 is 19.1 Å². The zero-order valence-corrected chi connectivity index (χ0v) is 21.0. The molecule has 182 valence electrons. The Morgan fingerprint density at radius 3 is 2.25 bits per heavy atom. The molecular weight excluding hydrogens is 496 g/mol. The summed E-state index contributed by atoms with van der Waals surface area (Å²) in [7, 11) is 0. The van der Waals surface area contributed by atoms with E-state index >= 15 is 0 Å². The summed E-state index contributed by atoms with van der Waals surface area (Å²) in [5.41, 5.74) is 6.96. The van der Waals surface area contributed by atoms with E-state index in [1.165, 1.54) is 0 Å². The van der Waals surface area contributed by atoms with Crippen LogP contribution in [0.4, 0.5) is 5.69 Å². The largest absolute Gasteiger partial charge is 0.462 e. The van der Waals surface area contributed by atoms with E-state index in [2.05, 4.69) is 0 Å². The molecule has 0 aliphatic carbocycles. The second-order valence-electron chi connectivity index (χ2n) is 8.50. The van der Waals surface area contributed by atoms with Gasteiger partial charge in [0.2, 0.25) is 5.72 Å². The van der Waals surface area contributed by atoms with Gasteiger partial charge in [-0.2, -0.15) is 0 Å². The van der Waals surface area contributed by atoms with E-state index in [1.54, 1.807) is 36.1 Å². The van der Waals surface area contributed by atoms with Crippen molar-refractivity contribution in [2.75, 3.05) is 11.5 Å². The fraction of sp³-hybridized carbons (Fsp3) is 0.179. The molecule has 6 nitrogen and oxygen atoms in total. The third-order valence-electron chi connectivity index (χ3n) is 6.52. The van der Waals surface area contributed by atoms with Crippen LogP contribution in [0.25, 0.3) is 0 Å². The standard InChI is InChI=1S/C28H23ClN2O4S/c1-2-34-27(33)22-23-21(24(32)17-13-15-19(29)16-14-17)26(36)31(20-11-7-4-8-12-20)28(23,35-25(22)30)18-9-5-3-6-10-18/h3-16,21,23H,2,30H2,1H3/t21-,23-,28+/m1/s1. The SMILES string of the molecule is CCOC(=O)C1=C(N)O[C@@]2(c3ccccc3)[C@@H]1[C@H](C(=O)c1ccc(Cl)cc1)C(=S)N2c1ccccc1. The molecule has 2 N–H and O–H groups in total. The maximum absolute atomic E-state index is 14.1. The van der Waals surface area contributed by atoms with Crippen molar-refractivity contribution in [3.63, 3.8) is 0 Å². The van der Waals surface area contributed by atoms with E-state index in [4.69, 9.17) is 39.0 Å². The molecule has 2 heterocycles. The van der Waals surface area contributed by atoms with Crippen molar-refractivity contribution in [2.45, 2.75) is 12.6 Å². The summed E-state index contributed by atoms with van der Waals surface area (Å²) < 4.78 is 11.8. The molecule has 5 rings (SSSR count). The molecule has 0 saturated carbocycles. The maximum atomic E-state index is 14.1. The van der Waals surface area contributed by atoms with Crippen LogP contribution >= 0.6 is 23.8 Å². The number of esters is 1. The molecule has 3 aromatic carbocycles. The summed E-state index contributed by atoms with van der Waals surface area (Å²) in [6.07, 6.45) is 0. The Labute approximate surface area is 219 Å². The Bertz CT molecular complexity index is 1360. The lowest BCUT2D eigenvalue weighted by Gasteiger charge is -2.39. The molecule has 2 aliphatic heterocycles. The highest BCUT2D eigenvalue weighted by atomic mass is 35.5. The topological polar surface area (TPSA) is 81.9 Å². The summed E-state index contributed by atoms with van der Waals surface area (Å²) in [6, 6.07) is 25.3. The Balaban J connectivity index is 1.77. The molecule has 0 radical (unpaired) electrons. The Hall–Kier alpha value is -3.68. The van der Waals surface area contributed by atoms with Crippen LogP contribution in [-0.2, 0) is 20.0 Å². The van der Waals surface area contributed by atoms with E-state index in [1.807, 2.05) is 60.7 Å². The summed E-state index contributed by atoms with van der Waals surface area (Å²) in [5.74, 6) is -2.76. The van der Waals surface area contributed by atoms with Gasteiger partial charge in [0.25, 0.3) is 0 Å². The van der Waals surface area contributed by atoms with Crippen LogP contribution < -0.4 is 10.6 Å². The number of nitrogens with zero attached hydrogens (tertiary/aromatic N) is 1. The quantitative estimate of drug-likeness (QED) is 0.272. The highest BCUT2D eigenvalue weighted by molar-refractivity contribution is 7.80. The van der Waals surface area contributed by atoms with E-state index in [9.17, 15) is 9.59 Å². The van der Waals surface area contributed by atoms with Crippen LogP contribution in [-0.4, -0.2) is 23.3 Å². The van der Waals surface area contributed by atoms with Crippen LogP contribution in [0, 0.1) is 11.8 Å². The average Bonchev–Trinajstić information content (AvgIpc) is 3.32. The monoisotopic (exact) mass is 518 g/mol. The minimum absolute atomic E-state index is 0.0837. The first-order valence-corrected chi connectivity index (χ1v) is 12.3. The first-order valence-electron chi connectivity index (χ1n) is 11.5. The first-order chi connectivity index (χ1) is 17.4. The molecule has 0 unspecified atom stereocenters. The molecule has 0 amide bonds.